The molecule has 0 saturated carbocycles. The predicted octanol–water partition coefficient (Wildman–Crippen LogP) is 3.44. The summed E-state index contributed by atoms with van der Waals surface area (Å²) in [4.78, 5) is 11.2. The Morgan fingerprint density at radius 1 is 1.33 bits per heavy atom. The molecular formula is C15H20O3. The van der Waals surface area contributed by atoms with E-state index in [2.05, 4.69) is 6.92 Å². The van der Waals surface area contributed by atoms with E-state index in [4.69, 9.17) is 9.47 Å². The second-order valence-electron chi connectivity index (χ2n) is 3.86. The van der Waals surface area contributed by atoms with Crippen molar-refractivity contribution in [3.63, 3.8) is 0 Å². The van der Waals surface area contributed by atoms with Gasteiger partial charge in [0.05, 0.1) is 13.2 Å². The Labute approximate surface area is 108 Å². The van der Waals surface area contributed by atoms with Gasteiger partial charge in [-0.05, 0) is 37.1 Å². The largest absolute Gasteiger partial charge is 0.494 e. The molecule has 0 saturated heterocycles. The lowest BCUT2D eigenvalue weighted by atomic mass is 10.2. The van der Waals surface area contributed by atoms with Crippen LogP contribution in [0.5, 0.6) is 5.75 Å². The second-order valence-corrected chi connectivity index (χ2v) is 3.86. The van der Waals surface area contributed by atoms with E-state index in [-0.39, 0.29) is 5.97 Å². The standard InChI is InChI=1S/C15H20O3/c1-3-5-11-18-14-8-6-7-13(12-14)9-10-15(16)17-4-2/h6-10,12H,3-5,11H2,1-2H3/b10-9+. The zero-order valence-electron chi connectivity index (χ0n) is 11.0. The van der Waals surface area contributed by atoms with Gasteiger partial charge in [-0.25, -0.2) is 4.79 Å². The van der Waals surface area contributed by atoms with Crippen molar-refractivity contribution < 1.29 is 14.3 Å². The minimum atomic E-state index is -0.324. The second kappa shape index (κ2) is 8.34. The summed E-state index contributed by atoms with van der Waals surface area (Å²) in [5.74, 6) is 0.504. The minimum Gasteiger partial charge on any atom is -0.494 e. The molecule has 0 heterocycles. The third kappa shape index (κ3) is 5.53. The molecule has 0 N–H and O–H groups in total. The van der Waals surface area contributed by atoms with E-state index in [1.165, 1.54) is 6.08 Å². The summed E-state index contributed by atoms with van der Waals surface area (Å²) < 4.78 is 10.4. The van der Waals surface area contributed by atoms with Gasteiger partial charge in [-0.15, -0.1) is 0 Å². The van der Waals surface area contributed by atoms with Crippen LogP contribution in [0.1, 0.15) is 32.3 Å². The number of hydrogen-bond donors (Lipinski definition) is 0. The highest BCUT2D eigenvalue weighted by atomic mass is 16.5. The van der Waals surface area contributed by atoms with Crippen LogP contribution < -0.4 is 4.74 Å². The molecule has 3 nitrogen and oxygen atoms in total. The number of ether oxygens (including phenoxy) is 2. The van der Waals surface area contributed by atoms with Gasteiger partial charge in [0.2, 0.25) is 0 Å². The van der Waals surface area contributed by atoms with Gasteiger partial charge in [0.15, 0.2) is 0 Å². The quantitative estimate of drug-likeness (QED) is 0.421. The van der Waals surface area contributed by atoms with E-state index in [0.29, 0.717) is 6.61 Å². The molecule has 1 aromatic carbocycles. The van der Waals surface area contributed by atoms with Crippen molar-refractivity contribution >= 4 is 12.0 Å². The van der Waals surface area contributed by atoms with Gasteiger partial charge in [0.1, 0.15) is 5.75 Å². The zero-order valence-corrected chi connectivity index (χ0v) is 11.0. The number of hydrogen-bond acceptors (Lipinski definition) is 3. The van der Waals surface area contributed by atoms with E-state index in [1.54, 1.807) is 13.0 Å². The van der Waals surface area contributed by atoms with Gasteiger partial charge in [0.25, 0.3) is 0 Å². The summed E-state index contributed by atoms with van der Waals surface area (Å²) in [7, 11) is 0. The fourth-order valence-electron chi connectivity index (χ4n) is 1.40. The highest BCUT2D eigenvalue weighted by molar-refractivity contribution is 5.87. The predicted molar refractivity (Wildman–Crippen MR) is 72.5 cm³/mol. The highest BCUT2D eigenvalue weighted by Crippen LogP contribution is 2.15. The SMILES string of the molecule is CCCCOc1cccc(/C=C/C(=O)OCC)c1. The van der Waals surface area contributed by atoms with Crippen LogP contribution in [0.25, 0.3) is 6.08 Å². The zero-order chi connectivity index (χ0) is 13.2. The number of benzene rings is 1. The first kappa shape index (κ1) is 14.3. The van der Waals surface area contributed by atoms with Crippen molar-refractivity contribution in [2.75, 3.05) is 13.2 Å². The van der Waals surface area contributed by atoms with Crippen LogP contribution in [0.15, 0.2) is 30.3 Å². The Morgan fingerprint density at radius 2 is 2.17 bits per heavy atom. The van der Waals surface area contributed by atoms with Gasteiger partial charge >= 0.3 is 5.97 Å². The number of esters is 1. The van der Waals surface area contributed by atoms with Crippen molar-refractivity contribution in [3.05, 3.63) is 35.9 Å². The van der Waals surface area contributed by atoms with E-state index in [9.17, 15) is 4.79 Å². The topological polar surface area (TPSA) is 35.5 Å². The van der Waals surface area contributed by atoms with Crippen LogP contribution in [0, 0.1) is 0 Å². The first-order chi connectivity index (χ1) is 8.76. The van der Waals surface area contributed by atoms with E-state index in [1.807, 2.05) is 24.3 Å². The number of unbranched alkanes of at least 4 members (excludes halogenated alkanes) is 1. The van der Waals surface area contributed by atoms with Crippen LogP contribution in [0.2, 0.25) is 0 Å². The van der Waals surface area contributed by atoms with Crippen molar-refractivity contribution in [1.82, 2.24) is 0 Å². The maximum atomic E-state index is 11.2. The Kier molecular flexibility index (Phi) is 6.62. The smallest absolute Gasteiger partial charge is 0.330 e. The molecule has 0 unspecified atom stereocenters. The Bertz CT molecular complexity index is 396. The van der Waals surface area contributed by atoms with Gasteiger partial charge in [-0.3, -0.25) is 0 Å². The molecule has 0 aromatic heterocycles. The van der Waals surface area contributed by atoms with Crippen molar-refractivity contribution in [1.29, 1.82) is 0 Å². The molecule has 0 radical (unpaired) electrons. The third-order valence-electron chi connectivity index (χ3n) is 2.32. The third-order valence-corrected chi connectivity index (χ3v) is 2.32. The molecule has 0 spiro atoms. The molecule has 0 aliphatic carbocycles. The van der Waals surface area contributed by atoms with Crippen LogP contribution in [0.3, 0.4) is 0 Å². The first-order valence-corrected chi connectivity index (χ1v) is 6.34. The maximum Gasteiger partial charge on any atom is 0.330 e. The number of carbonyl (C=O) groups is 1. The van der Waals surface area contributed by atoms with E-state index in [0.717, 1.165) is 30.8 Å². The van der Waals surface area contributed by atoms with E-state index < -0.39 is 0 Å². The molecule has 1 aromatic rings. The molecule has 1 rings (SSSR count). The Balaban J connectivity index is 2.56. The van der Waals surface area contributed by atoms with Gasteiger partial charge < -0.3 is 9.47 Å². The van der Waals surface area contributed by atoms with Crippen molar-refractivity contribution in [2.24, 2.45) is 0 Å². The highest BCUT2D eigenvalue weighted by Gasteiger charge is 1.96. The lowest BCUT2D eigenvalue weighted by Crippen LogP contribution is -1.98. The summed E-state index contributed by atoms with van der Waals surface area (Å²) >= 11 is 0. The summed E-state index contributed by atoms with van der Waals surface area (Å²) in [6, 6.07) is 7.65. The van der Waals surface area contributed by atoms with Crippen LogP contribution >= 0.6 is 0 Å². The van der Waals surface area contributed by atoms with Gasteiger partial charge in [-0.2, -0.15) is 0 Å². The molecule has 98 valence electrons. The molecule has 0 amide bonds. The molecule has 0 bridgehead atoms. The van der Waals surface area contributed by atoms with Crippen LogP contribution in [-0.4, -0.2) is 19.2 Å². The maximum absolute atomic E-state index is 11.2. The molecule has 0 aliphatic heterocycles. The molecular weight excluding hydrogens is 228 g/mol. The fourth-order valence-corrected chi connectivity index (χ4v) is 1.40. The van der Waals surface area contributed by atoms with Gasteiger partial charge in [-0.1, -0.05) is 25.5 Å². The molecule has 18 heavy (non-hydrogen) atoms. The fraction of sp³-hybridized carbons (Fsp3) is 0.400. The lowest BCUT2D eigenvalue weighted by molar-refractivity contribution is -0.137. The summed E-state index contributed by atoms with van der Waals surface area (Å²) in [5, 5.41) is 0. The Morgan fingerprint density at radius 3 is 2.89 bits per heavy atom. The average molecular weight is 248 g/mol. The van der Waals surface area contributed by atoms with Crippen LogP contribution in [0.4, 0.5) is 0 Å². The summed E-state index contributed by atoms with van der Waals surface area (Å²) in [5.41, 5.74) is 0.928. The van der Waals surface area contributed by atoms with Crippen molar-refractivity contribution in [3.8, 4) is 5.75 Å². The Hall–Kier alpha value is -1.77. The molecule has 0 aliphatic rings. The number of rotatable bonds is 7. The summed E-state index contributed by atoms with van der Waals surface area (Å²) in [6.45, 7) is 5.03. The van der Waals surface area contributed by atoms with Crippen LogP contribution in [-0.2, 0) is 9.53 Å². The lowest BCUT2D eigenvalue weighted by Gasteiger charge is -2.05. The first-order valence-electron chi connectivity index (χ1n) is 6.34. The molecule has 0 fully saturated rings. The normalized spacial score (nSPS) is 10.6. The number of carbonyl (C=O) groups excluding carboxylic acids is 1. The monoisotopic (exact) mass is 248 g/mol. The summed E-state index contributed by atoms with van der Waals surface area (Å²) in [6.07, 6.45) is 5.31. The van der Waals surface area contributed by atoms with Gasteiger partial charge in [0, 0.05) is 6.08 Å². The molecule has 0 atom stereocenters. The molecule has 3 heteroatoms. The van der Waals surface area contributed by atoms with E-state index >= 15 is 0 Å². The minimum absolute atomic E-state index is 0.324. The van der Waals surface area contributed by atoms with Crippen molar-refractivity contribution in [2.45, 2.75) is 26.7 Å². The average Bonchev–Trinajstić information content (AvgIpc) is 2.38.